The molecular weight excluding hydrogens is 368 g/mol. The maximum absolute atomic E-state index is 12.5. The number of esters is 2. The first-order valence-corrected chi connectivity index (χ1v) is 10.1. The number of thiophene rings is 1. The summed E-state index contributed by atoms with van der Waals surface area (Å²) in [6.07, 6.45) is 5.51. The Bertz CT molecular complexity index is 760. The molecule has 0 spiro atoms. The molecule has 2 amide bonds. The second kappa shape index (κ2) is 8.56. The molecule has 0 saturated heterocycles. The van der Waals surface area contributed by atoms with Gasteiger partial charge in [0.2, 0.25) is 0 Å². The highest BCUT2D eigenvalue weighted by atomic mass is 32.1. The monoisotopic (exact) mass is 392 g/mol. The Morgan fingerprint density at radius 2 is 1.96 bits per heavy atom. The molecule has 2 heterocycles. The number of amides is 2. The Morgan fingerprint density at radius 1 is 1.19 bits per heavy atom. The highest BCUT2D eigenvalue weighted by molar-refractivity contribution is 7.14. The molecule has 8 heteroatoms. The minimum absolute atomic E-state index is 0.187. The van der Waals surface area contributed by atoms with Crippen molar-refractivity contribution in [2.24, 2.45) is 0 Å². The van der Waals surface area contributed by atoms with Gasteiger partial charge in [0, 0.05) is 4.88 Å². The maximum Gasteiger partial charge on any atom is 0.348 e. The molecule has 0 bridgehead atoms. The summed E-state index contributed by atoms with van der Waals surface area (Å²) in [4.78, 5) is 38.2. The third kappa shape index (κ3) is 4.50. The molecule has 1 aromatic heterocycles. The number of urea groups is 1. The quantitative estimate of drug-likeness (QED) is 0.594. The molecule has 1 aliphatic heterocycles. The lowest BCUT2D eigenvalue weighted by atomic mass is 10.0. The SMILES string of the molecule is CCOC(=O)C1=C(COC(=O)c2cc3c(s2)CCCCC3)NC(=O)N[C@H]1C. The van der Waals surface area contributed by atoms with Crippen LogP contribution in [0.1, 0.15) is 53.2 Å². The van der Waals surface area contributed by atoms with Crippen molar-refractivity contribution in [3.05, 3.63) is 32.7 Å². The van der Waals surface area contributed by atoms with Gasteiger partial charge < -0.3 is 20.1 Å². The van der Waals surface area contributed by atoms with Crippen molar-refractivity contribution in [3.63, 3.8) is 0 Å². The zero-order valence-corrected chi connectivity index (χ0v) is 16.4. The normalized spacial score (nSPS) is 19.5. The van der Waals surface area contributed by atoms with Crippen LogP contribution in [-0.2, 0) is 27.1 Å². The van der Waals surface area contributed by atoms with Crippen LogP contribution in [0.3, 0.4) is 0 Å². The molecule has 2 N–H and O–H groups in total. The summed E-state index contributed by atoms with van der Waals surface area (Å²) in [5.41, 5.74) is 1.77. The zero-order valence-electron chi connectivity index (χ0n) is 15.6. The van der Waals surface area contributed by atoms with Crippen LogP contribution < -0.4 is 10.6 Å². The average Bonchev–Trinajstić information content (AvgIpc) is 2.90. The van der Waals surface area contributed by atoms with E-state index < -0.39 is 24.0 Å². The third-order valence-corrected chi connectivity index (χ3v) is 5.88. The second-order valence-corrected chi connectivity index (χ2v) is 7.77. The number of hydrogen-bond acceptors (Lipinski definition) is 6. The highest BCUT2D eigenvalue weighted by Crippen LogP contribution is 2.29. The van der Waals surface area contributed by atoms with Gasteiger partial charge in [-0.1, -0.05) is 6.42 Å². The number of carbonyl (C=O) groups is 3. The standard InChI is InChI=1S/C19H24N2O5S/c1-3-25-18(23)16-11(2)20-19(24)21-13(16)10-26-17(22)15-9-12-7-5-4-6-8-14(12)27-15/h9,11H,3-8,10H2,1-2H3,(H2,20,21,24)/t11-/m0/s1. The summed E-state index contributed by atoms with van der Waals surface area (Å²) in [7, 11) is 0. The van der Waals surface area contributed by atoms with Gasteiger partial charge in [-0.15, -0.1) is 11.3 Å². The molecule has 146 valence electrons. The molecule has 0 saturated carbocycles. The van der Waals surface area contributed by atoms with E-state index >= 15 is 0 Å². The van der Waals surface area contributed by atoms with Crippen molar-refractivity contribution in [1.29, 1.82) is 0 Å². The molecule has 7 nitrogen and oxygen atoms in total. The lowest BCUT2D eigenvalue weighted by Crippen LogP contribution is -2.50. The van der Waals surface area contributed by atoms with E-state index in [0.717, 1.165) is 25.7 Å². The fraction of sp³-hybridized carbons (Fsp3) is 0.526. The van der Waals surface area contributed by atoms with Crippen molar-refractivity contribution in [3.8, 4) is 0 Å². The molecule has 1 aliphatic carbocycles. The summed E-state index contributed by atoms with van der Waals surface area (Å²) < 4.78 is 10.4. The van der Waals surface area contributed by atoms with Crippen LogP contribution in [0.5, 0.6) is 0 Å². The molecule has 0 unspecified atom stereocenters. The van der Waals surface area contributed by atoms with Crippen molar-refractivity contribution in [1.82, 2.24) is 10.6 Å². The van der Waals surface area contributed by atoms with Crippen molar-refractivity contribution >= 4 is 29.3 Å². The van der Waals surface area contributed by atoms with Gasteiger partial charge in [-0.3, -0.25) is 0 Å². The molecule has 1 atom stereocenters. The lowest BCUT2D eigenvalue weighted by Gasteiger charge is -2.26. The Hall–Kier alpha value is -2.35. The van der Waals surface area contributed by atoms with E-state index in [1.54, 1.807) is 13.8 Å². The van der Waals surface area contributed by atoms with Crippen molar-refractivity contribution in [2.75, 3.05) is 13.2 Å². The maximum atomic E-state index is 12.5. The van der Waals surface area contributed by atoms with E-state index in [9.17, 15) is 14.4 Å². The van der Waals surface area contributed by atoms with Crippen LogP contribution in [0.4, 0.5) is 4.79 Å². The first-order valence-electron chi connectivity index (χ1n) is 9.26. The van der Waals surface area contributed by atoms with Crippen LogP contribution in [0.25, 0.3) is 0 Å². The fourth-order valence-corrected chi connectivity index (χ4v) is 4.52. The lowest BCUT2D eigenvalue weighted by molar-refractivity contribution is -0.139. The van der Waals surface area contributed by atoms with E-state index in [-0.39, 0.29) is 24.5 Å². The number of hydrogen-bond donors (Lipinski definition) is 2. The molecule has 3 rings (SSSR count). The van der Waals surface area contributed by atoms with Gasteiger partial charge in [0.15, 0.2) is 0 Å². The van der Waals surface area contributed by atoms with Gasteiger partial charge in [0.25, 0.3) is 0 Å². The number of fused-ring (bicyclic) bond motifs is 1. The van der Waals surface area contributed by atoms with E-state index in [0.29, 0.717) is 4.88 Å². The summed E-state index contributed by atoms with van der Waals surface area (Å²) >= 11 is 1.48. The van der Waals surface area contributed by atoms with Crippen LogP contribution in [0.15, 0.2) is 17.3 Å². The molecule has 2 aliphatic rings. The molecular formula is C19H24N2O5S. The largest absolute Gasteiger partial charge is 0.463 e. The minimum atomic E-state index is -0.536. The Balaban J connectivity index is 1.73. The number of ether oxygens (including phenoxy) is 2. The predicted molar refractivity (Wildman–Crippen MR) is 101 cm³/mol. The van der Waals surface area contributed by atoms with Gasteiger partial charge in [0.05, 0.1) is 23.9 Å². The highest BCUT2D eigenvalue weighted by Gasteiger charge is 2.30. The van der Waals surface area contributed by atoms with Gasteiger partial charge in [-0.25, -0.2) is 14.4 Å². The van der Waals surface area contributed by atoms with E-state index in [1.165, 1.54) is 28.2 Å². The minimum Gasteiger partial charge on any atom is -0.463 e. The molecule has 27 heavy (non-hydrogen) atoms. The first kappa shape index (κ1) is 19.4. The zero-order chi connectivity index (χ0) is 19.4. The van der Waals surface area contributed by atoms with Gasteiger partial charge in [-0.05, 0) is 51.2 Å². The number of nitrogens with one attached hydrogen (secondary N) is 2. The van der Waals surface area contributed by atoms with E-state index in [1.807, 2.05) is 6.07 Å². The van der Waals surface area contributed by atoms with Crippen LogP contribution in [0, 0.1) is 0 Å². The Labute approximate surface area is 162 Å². The first-order chi connectivity index (χ1) is 13.0. The number of aryl methyl sites for hydroxylation is 2. The summed E-state index contributed by atoms with van der Waals surface area (Å²) in [6, 6.07) is 0.950. The molecule has 1 aromatic rings. The van der Waals surface area contributed by atoms with Gasteiger partial charge in [-0.2, -0.15) is 0 Å². The molecule has 0 aromatic carbocycles. The van der Waals surface area contributed by atoms with Crippen molar-refractivity contribution < 1.29 is 23.9 Å². The molecule has 0 fully saturated rings. The van der Waals surface area contributed by atoms with Crippen LogP contribution in [-0.4, -0.2) is 37.2 Å². The van der Waals surface area contributed by atoms with Gasteiger partial charge in [0.1, 0.15) is 11.5 Å². The third-order valence-electron chi connectivity index (χ3n) is 4.66. The predicted octanol–water partition coefficient (Wildman–Crippen LogP) is 2.69. The van der Waals surface area contributed by atoms with E-state index in [4.69, 9.17) is 9.47 Å². The van der Waals surface area contributed by atoms with Crippen molar-refractivity contribution in [2.45, 2.75) is 52.0 Å². The fourth-order valence-electron chi connectivity index (χ4n) is 3.37. The van der Waals surface area contributed by atoms with E-state index in [2.05, 4.69) is 10.6 Å². The van der Waals surface area contributed by atoms with Gasteiger partial charge >= 0.3 is 18.0 Å². The summed E-state index contributed by atoms with van der Waals surface area (Å²) in [6.45, 7) is 3.42. The average molecular weight is 392 g/mol. The molecule has 0 radical (unpaired) electrons. The number of carbonyl (C=O) groups excluding carboxylic acids is 3. The van der Waals surface area contributed by atoms with Crippen LogP contribution >= 0.6 is 11.3 Å². The summed E-state index contributed by atoms with van der Waals surface area (Å²) in [5, 5.41) is 5.16. The Morgan fingerprint density at radius 3 is 2.74 bits per heavy atom. The topological polar surface area (TPSA) is 93.7 Å². The summed E-state index contributed by atoms with van der Waals surface area (Å²) in [5.74, 6) is -0.976. The van der Waals surface area contributed by atoms with Crippen LogP contribution in [0.2, 0.25) is 0 Å². The smallest absolute Gasteiger partial charge is 0.348 e. The Kier molecular flexibility index (Phi) is 6.15. The second-order valence-electron chi connectivity index (χ2n) is 6.63. The number of rotatable bonds is 5.